The summed E-state index contributed by atoms with van der Waals surface area (Å²) >= 11 is 0. The minimum atomic E-state index is -3.99. The van der Waals surface area contributed by atoms with Gasteiger partial charge in [0.2, 0.25) is 5.76 Å². The van der Waals surface area contributed by atoms with Crippen molar-refractivity contribution in [2.45, 2.75) is 12.2 Å². The predicted octanol–water partition coefficient (Wildman–Crippen LogP) is -1.26. The van der Waals surface area contributed by atoms with Crippen molar-refractivity contribution in [3.8, 4) is 0 Å². The fourth-order valence-corrected chi connectivity index (χ4v) is 2.66. The molecule has 0 saturated carbocycles. The van der Waals surface area contributed by atoms with E-state index in [4.69, 9.17) is 18.4 Å². The Labute approximate surface area is 128 Å². The maximum atomic E-state index is 11.6. The molecule has 0 amide bonds. The Balaban J connectivity index is 3.10. The molecule has 0 radical (unpaired) electrons. The number of hydrogen-bond acceptors (Lipinski definition) is 10. The molecule has 2 unspecified atom stereocenters. The topological polar surface area (TPSA) is 132 Å². The Bertz CT molecular complexity index is 660. The Hall–Kier alpha value is -1.37. The molecule has 0 aliphatic carbocycles. The van der Waals surface area contributed by atoms with Crippen LogP contribution in [0, 0.1) is 0 Å². The quantitative estimate of drug-likeness (QED) is 0.381. The van der Waals surface area contributed by atoms with Crippen LogP contribution in [0.3, 0.4) is 0 Å². The van der Waals surface area contributed by atoms with E-state index in [1.165, 1.54) is 14.2 Å². The maximum absolute atomic E-state index is 11.6. The molecule has 0 N–H and O–H groups in total. The third kappa shape index (κ3) is 5.12. The third-order valence-corrected chi connectivity index (χ3v) is 3.57. The summed E-state index contributed by atoms with van der Waals surface area (Å²) in [5.41, 5.74) is 0. The van der Waals surface area contributed by atoms with Crippen LogP contribution in [0.15, 0.2) is 11.5 Å². The second-order valence-corrected chi connectivity index (χ2v) is 7.50. The minimum Gasteiger partial charge on any atom is -0.493 e. The highest BCUT2D eigenvalue weighted by molar-refractivity contribution is 7.86. The van der Waals surface area contributed by atoms with Crippen LogP contribution in [0.1, 0.15) is 0 Å². The summed E-state index contributed by atoms with van der Waals surface area (Å²) in [5, 5.41) is 0. The van der Waals surface area contributed by atoms with Crippen LogP contribution in [-0.2, 0) is 47.6 Å². The Morgan fingerprint density at radius 3 is 2.09 bits per heavy atom. The molecule has 2 atom stereocenters. The van der Waals surface area contributed by atoms with E-state index < -0.39 is 45.0 Å². The third-order valence-electron chi connectivity index (χ3n) is 2.41. The van der Waals surface area contributed by atoms with Gasteiger partial charge in [0.1, 0.15) is 6.10 Å². The first-order chi connectivity index (χ1) is 9.98. The summed E-state index contributed by atoms with van der Waals surface area (Å²) in [5.74, 6) is -1.29. The van der Waals surface area contributed by atoms with Crippen LogP contribution in [0.5, 0.6) is 0 Å². The molecule has 1 rings (SSSR count). The molecular weight excluding hydrogens is 344 g/mol. The Morgan fingerprint density at radius 1 is 1.09 bits per heavy atom. The van der Waals surface area contributed by atoms with E-state index in [2.05, 4.69) is 4.18 Å². The van der Waals surface area contributed by atoms with Gasteiger partial charge in [-0.05, 0) is 0 Å². The van der Waals surface area contributed by atoms with Gasteiger partial charge in [-0.15, -0.1) is 0 Å². The fraction of sp³-hybridized carbons (Fsp3) is 0.700. The molecule has 0 fully saturated rings. The summed E-state index contributed by atoms with van der Waals surface area (Å²) in [7, 11) is -5.45. The molecule has 10 nitrogen and oxygen atoms in total. The second kappa shape index (κ2) is 6.81. The van der Waals surface area contributed by atoms with Crippen molar-refractivity contribution in [2.75, 3.05) is 33.3 Å². The molecule has 1 aliphatic heterocycles. The molecule has 0 bridgehead atoms. The van der Waals surface area contributed by atoms with Crippen LogP contribution in [0.4, 0.5) is 0 Å². The van der Waals surface area contributed by atoms with E-state index in [0.29, 0.717) is 0 Å². The molecule has 1 aliphatic rings. The highest BCUT2D eigenvalue weighted by Gasteiger charge is 2.44. The molecular formula is C10H16O10S2. The first-order valence-corrected chi connectivity index (χ1v) is 9.37. The van der Waals surface area contributed by atoms with Gasteiger partial charge in [0, 0.05) is 0 Å². The van der Waals surface area contributed by atoms with E-state index >= 15 is 0 Å². The van der Waals surface area contributed by atoms with Gasteiger partial charge < -0.3 is 14.2 Å². The van der Waals surface area contributed by atoms with Crippen molar-refractivity contribution in [1.82, 2.24) is 0 Å². The van der Waals surface area contributed by atoms with Gasteiger partial charge in [-0.25, -0.2) is 4.79 Å². The van der Waals surface area contributed by atoms with Gasteiger partial charge >= 0.3 is 5.97 Å². The number of cyclic esters (lactones) is 1. The van der Waals surface area contributed by atoms with Gasteiger partial charge in [0.05, 0.1) is 33.3 Å². The van der Waals surface area contributed by atoms with Crippen molar-refractivity contribution in [3.05, 3.63) is 11.5 Å². The fourth-order valence-electron chi connectivity index (χ4n) is 1.67. The van der Waals surface area contributed by atoms with Crippen molar-refractivity contribution in [3.63, 3.8) is 0 Å². The summed E-state index contributed by atoms with van der Waals surface area (Å²) in [6.45, 7) is -0.701. The Morgan fingerprint density at radius 2 is 1.68 bits per heavy atom. The summed E-state index contributed by atoms with van der Waals surface area (Å²) in [6, 6.07) is 0. The van der Waals surface area contributed by atoms with E-state index in [9.17, 15) is 21.6 Å². The van der Waals surface area contributed by atoms with Crippen LogP contribution < -0.4 is 0 Å². The van der Waals surface area contributed by atoms with Crippen LogP contribution in [0.25, 0.3) is 0 Å². The highest BCUT2D eigenvalue weighted by Crippen LogP contribution is 2.28. The second-order valence-electron chi connectivity index (χ2n) is 4.25. The lowest BCUT2D eigenvalue weighted by molar-refractivity contribution is -0.146. The number of hydrogen-bond donors (Lipinski definition) is 0. The lowest BCUT2D eigenvalue weighted by Gasteiger charge is -2.22. The predicted molar refractivity (Wildman–Crippen MR) is 71.4 cm³/mol. The lowest BCUT2D eigenvalue weighted by Crippen LogP contribution is -2.38. The molecule has 0 aromatic carbocycles. The number of carbonyl (C=O) groups excluding carboxylic acids is 1. The van der Waals surface area contributed by atoms with Gasteiger partial charge in [-0.1, -0.05) is 0 Å². The molecule has 22 heavy (non-hydrogen) atoms. The van der Waals surface area contributed by atoms with Gasteiger partial charge in [0.25, 0.3) is 20.2 Å². The van der Waals surface area contributed by atoms with Crippen molar-refractivity contribution in [1.29, 1.82) is 0 Å². The smallest absolute Gasteiger partial charge is 0.378 e. The monoisotopic (exact) mass is 360 g/mol. The molecule has 0 spiro atoms. The zero-order chi connectivity index (χ0) is 17.1. The minimum absolute atomic E-state index is 0.127. The molecule has 12 heteroatoms. The SMILES string of the molecule is COC1=C(OC)C(C(COS(C)(=O)=O)OS(C)(=O)=O)OC1=O. The molecule has 0 aromatic heterocycles. The zero-order valence-corrected chi connectivity index (χ0v) is 13.9. The Kier molecular flexibility index (Phi) is 5.78. The first kappa shape index (κ1) is 18.7. The zero-order valence-electron chi connectivity index (χ0n) is 12.3. The molecule has 0 saturated heterocycles. The largest absolute Gasteiger partial charge is 0.493 e. The lowest BCUT2D eigenvalue weighted by atomic mass is 10.2. The molecule has 128 valence electrons. The number of methoxy groups -OCH3 is 2. The van der Waals surface area contributed by atoms with E-state index in [0.717, 1.165) is 12.5 Å². The number of esters is 1. The molecule has 1 heterocycles. The van der Waals surface area contributed by atoms with Crippen molar-refractivity contribution < 1.29 is 44.2 Å². The summed E-state index contributed by atoms with van der Waals surface area (Å²) < 4.78 is 68.6. The van der Waals surface area contributed by atoms with Crippen LogP contribution in [-0.4, -0.2) is 68.4 Å². The average molecular weight is 360 g/mol. The number of ether oxygens (including phenoxy) is 3. The standard InChI is InChI=1S/C10H16O10S2/c1-16-8-7(19-10(11)9(8)17-2)6(20-22(4,14)15)5-18-21(3,12)13/h6-7H,5H2,1-4H3. The van der Waals surface area contributed by atoms with E-state index in [-0.39, 0.29) is 11.5 Å². The van der Waals surface area contributed by atoms with Crippen molar-refractivity contribution >= 4 is 26.2 Å². The molecule has 0 aromatic rings. The van der Waals surface area contributed by atoms with Gasteiger partial charge in [-0.3, -0.25) is 8.37 Å². The van der Waals surface area contributed by atoms with Crippen LogP contribution >= 0.6 is 0 Å². The highest BCUT2D eigenvalue weighted by atomic mass is 32.2. The van der Waals surface area contributed by atoms with E-state index in [1.807, 2.05) is 0 Å². The normalized spacial score (nSPS) is 20.7. The number of rotatable bonds is 8. The summed E-state index contributed by atoms with van der Waals surface area (Å²) in [6.07, 6.45) is -1.26. The van der Waals surface area contributed by atoms with Gasteiger partial charge in [-0.2, -0.15) is 16.8 Å². The summed E-state index contributed by atoms with van der Waals surface area (Å²) in [4.78, 5) is 11.6. The average Bonchev–Trinajstić information content (AvgIpc) is 2.68. The van der Waals surface area contributed by atoms with Crippen LogP contribution in [0.2, 0.25) is 0 Å². The maximum Gasteiger partial charge on any atom is 0.378 e. The first-order valence-electron chi connectivity index (χ1n) is 5.74. The van der Waals surface area contributed by atoms with Gasteiger partial charge in [0.15, 0.2) is 11.9 Å². The van der Waals surface area contributed by atoms with E-state index in [1.54, 1.807) is 0 Å². The number of carbonyl (C=O) groups is 1. The van der Waals surface area contributed by atoms with Crippen molar-refractivity contribution in [2.24, 2.45) is 0 Å².